The Kier molecular flexibility index (Phi) is 5.26. The van der Waals surface area contributed by atoms with Gasteiger partial charge in [-0.3, -0.25) is 14.0 Å². The lowest BCUT2D eigenvalue weighted by Gasteiger charge is -2.33. The molecule has 0 bridgehead atoms. The highest BCUT2D eigenvalue weighted by Crippen LogP contribution is 2.18. The van der Waals surface area contributed by atoms with Crippen LogP contribution in [0.25, 0.3) is 5.52 Å². The molecule has 8 heteroatoms. The van der Waals surface area contributed by atoms with Gasteiger partial charge in [-0.05, 0) is 36.9 Å². The maximum atomic E-state index is 13.4. The van der Waals surface area contributed by atoms with Crippen LogP contribution in [0, 0.1) is 5.82 Å². The summed E-state index contributed by atoms with van der Waals surface area (Å²) in [6.45, 7) is 5.94. The Morgan fingerprint density at radius 3 is 2.62 bits per heavy atom. The molecule has 0 unspecified atom stereocenters. The van der Waals surface area contributed by atoms with Crippen molar-refractivity contribution in [2.24, 2.45) is 0 Å². The topological polar surface area (TPSA) is 69.9 Å². The third-order valence-corrected chi connectivity index (χ3v) is 5.14. The molecule has 7 nitrogen and oxygen atoms in total. The molecule has 2 aromatic heterocycles. The van der Waals surface area contributed by atoms with E-state index >= 15 is 0 Å². The molecule has 1 aliphatic rings. The van der Waals surface area contributed by atoms with Crippen molar-refractivity contribution in [2.45, 2.75) is 6.92 Å². The average Bonchev–Trinajstić information content (AvgIpc) is 3.13. The number of imidazole rings is 1. The van der Waals surface area contributed by atoms with E-state index < -0.39 is 11.7 Å². The number of hydrogen-bond donors (Lipinski definition) is 1. The van der Waals surface area contributed by atoms with E-state index in [0.29, 0.717) is 24.3 Å². The van der Waals surface area contributed by atoms with E-state index in [-0.39, 0.29) is 17.4 Å². The van der Waals surface area contributed by atoms with Crippen LogP contribution in [-0.4, -0.2) is 63.7 Å². The lowest BCUT2D eigenvalue weighted by molar-refractivity contribution is 0.0630. The molecule has 0 spiro atoms. The van der Waals surface area contributed by atoms with Gasteiger partial charge in [-0.15, -0.1) is 0 Å². The zero-order chi connectivity index (χ0) is 20.4. The third kappa shape index (κ3) is 3.84. The van der Waals surface area contributed by atoms with Crippen LogP contribution in [0.15, 0.2) is 48.7 Å². The van der Waals surface area contributed by atoms with Crippen LogP contribution in [0.2, 0.25) is 0 Å². The van der Waals surface area contributed by atoms with E-state index in [1.165, 1.54) is 18.2 Å². The number of amides is 2. The molecule has 0 radical (unpaired) electrons. The number of hydrogen-bond acceptors (Lipinski definition) is 4. The first-order chi connectivity index (χ1) is 14.1. The van der Waals surface area contributed by atoms with Gasteiger partial charge in [0.05, 0.1) is 5.52 Å². The van der Waals surface area contributed by atoms with Crippen LogP contribution in [-0.2, 0) is 0 Å². The zero-order valence-corrected chi connectivity index (χ0v) is 16.1. The molecule has 150 valence electrons. The smallest absolute Gasteiger partial charge is 0.290 e. The Bertz CT molecular complexity index is 1060. The number of nitrogens with zero attached hydrogens (tertiary/aromatic N) is 4. The number of nitrogens with one attached hydrogen (secondary N) is 1. The first kappa shape index (κ1) is 19.1. The van der Waals surface area contributed by atoms with E-state index in [1.807, 2.05) is 0 Å². The molecular formula is C21H22FN5O2. The summed E-state index contributed by atoms with van der Waals surface area (Å²) < 4.78 is 15.1. The number of carbonyl (C=O) groups excluding carboxylic acids is 2. The number of anilines is 1. The van der Waals surface area contributed by atoms with Crippen LogP contribution in [0.3, 0.4) is 0 Å². The second-order valence-electron chi connectivity index (χ2n) is 6.93. The number of fused-ring (bicyclic) bond motifs is 1. The summed E-state index contributed by atoms with van der Waals surface area (Å²) in [6, 6.07) is 10.9. The highest BCUT2D eigenvalue weighted by atomic mass is 19.1. The van der Waals surface area contributed by atoms with Crippen molar-refractivity contribution in [1.29, 1.82) is 0 Å². The minimum atomic E-state index is -0.492. The fraction of sp³-hybridized carbons (Fsp3) is 0.286. The predicted molar refractivity (Wildman–Crippen MR) is 108 cm³/mol. The van der Waals surface area contributed by atoms with Gasteiger partial charge in [0.1, 0.15) is 5.82 Å². The third-order valence-electron chi connectivity index (χ3n) is 5.14. The van der Waals surface area contributed by atoms with Crippen molar-refractivity contribution in [3.05, 3.63) is 66.0 Å². The second-order valence-corrected chi connectivity index (χ2v) is 6.93. The molecule has 3 aromatic rings. The number of halogens is 1. The van der Waals surface area contributed by atoms with Crippen molar-refractivity contribution in [3.8, 4) is 0 Å². The summed E-state index contributed by atoms with van der Waals surface area (Å²) in [4.78, 5) is 34.3. The van der Waals surface area contributed by atoms with Crippen molar-refractivity contribution >= 4 is 23.0 Å². The molecule has 1 N–H and O–H groups in total. The van der Waals surface area contributed by atoms with E-state index in [1.54, 1.807) is 39.8 Å². The van der Waals surface area contributed by atoms with Crippen LogP contribution in [0.1, 0.15) is 28.0 Å². The Morgan fingerprint density at radius 1 is 1.10 bits per heavy atom. The normalized spacial score (nSPS) is 14.9. The largest absolute Gasteiger partial charge is 0.333 e. The van der Waals surface area contributed by atoms with Crippen LogP contribution >= 0.6 is 0 Å². The van der Waals surface area contributed by atoms with Gasteiger partial charge in [0, 0.05) is 38.1 Å². The van der Waals surface area contributed by atoms with Gasteiger partial charge in [-0.2, -0.15) is 0 Å². The van der Waals surface area contributed by atoms with Crippen LogP contribution in [0.5, 0.6) is 0 Å². The van der Waals surface area contributed by atoms with Crippen molar-refractivity contribution in [3.63, 3.8) is 0 Å². The van der Waals surface area contributed by atoms with Gasteiger partial charge < -0.3 is 15.1 Å². The Morgan fingerprint density at radius 2 is 1.90 bits per heavy atom. The van der Waals surface area contributed by atoms with E-state index in [2.05, 4.69) is 22.1 Å². The highest BCUT2D eigenvalue weighted by molar-refractivity contribution is 6.08. The lowest BCUT2D eigenvalue weighted by Crippen LogP contribution is -2.48. The fourth-order valence-electron chi connectivity index (χ4n) is 3.52. The SMILES string of the molecule is CCN1CCN(C(=O)c2nc(C(=O)Nc3cccc(F)c3)c3ccccn23)CC1. The molecule has 0 saturated carbocycles. The summed E-state index contributed by atoms with van der Waals surface area (Å²) in [5.41, 5.74) is 0.984. The predicted octanol–water partition coefficient (Wildman–Crippen LogP) is 2.50. The fourth-order valence-corrected chi connectivity index (χ4v) is 3.52. The molecule has 29 heavy (non-hydrogen) atoms. The minimum Gasteiger partial charge on any atom is -0.333 e. The lowest BCUT2D eigenvalue weighted by atomic mass is 10.2. The summed E-state index contributed by atoms with van der Waals surface area (Å²) in [7, 11) is 0. The molecule has 0 atom stereocenters. The van der Waals surface area contributed by atoms with Crippen molar-refractivity contribution in [2.75, 3.05) is 38.0 Å². The molecule has 0 aliphatic carbocycles. The monoisotopic (exact) mass is 395 g/mol. The maximum Gasteiger partial charge on any atom is 0.290 e. The molecule has 3 heterocycles. The maximum absolute atomic E-state index is 13.4. The minimum absolute atomic E-state index is 0.130. The summed E-state index contributed by atoms with van der Waals surface area (Å²) >= 11 is 0. The number of benzene rings is 1. The first-order valence-electron chi connectivity index (χ1n) is 9.62. The number of aromatic nitrogens is 2. The summed E-state index contributed by atoms with van der Waals surface area (Å²) in [5.74, 6) is -0.935. The van der Waals surface area contributed by atoms with Gasteiger partial charge in [0.25, 0.3) is 11.8 Å². The van der Waals surface area contributed by atoms with Gasteiger partial charge in [-0.25, -0.2) is 9.37 Å². The van der Waals surface area contributed by atoms with Gasteiger partial charge in [0.15, 0.2) is 5.69 Å². The molecular weight excluding hydrogens is 373 g/mol. The number of rotatable bonds is 4. The van der Waals surface area contributed by atoms with Crippen LogP contribution in [0.4, 0.5) is 10.1 Å². The highest BCUT2D eigenvalue weighted by Gasteiger charge is 2.27. The number of carbonyl (C=O) groups is 2. The zero-order valence-electron chi connectivity index (χ0n) is 16.1. The first-order valence-corrected chi connectivity index (χ1v) is 9.62. The molecule has 2 amide bonds. The molecule has 1 aliphatic heterocycles. The van der Waals surface area contributed by atoms with E-state index in [4.69, 9.17) is 0 Å². The van der Waals surface area contributed by atoms with Gasteiger partial charge >= 0.3 is 0 Å². The number of piperazine rings is 1. The summed E-state index contributed by atoms with van der Waals surface area (Å²) in [6.07, 6.45) is 1.72. The van der Waals surface area contributed by atoms with Crippen LogP contribution < -0.4 is 5.32 Å². The van der Waals surface area contributed by atoms with Crippen molar-refractivity contribution in [1.82, 2.24) is 19.2 Å². The molecule has 1 aromatic carbocycles. The average molecular weight is 395 g/mol. The van der Waals surface area contributed by atoms with Gasteiger partial charge in [-0.1, -0.05) is 19.1 Å². The standard InChI is InChI=1S/C21H22FN5O2/c1-2-25-10-12-26(13-11-25)21(29)19-24-18(17-8-3-4-9-27(17)19)20(28)23-16-7-5-6-15(22)14-16/h3-9,14H,2,10-13H2,1H3,(H,23,28). The van der Waals surface area contributed by atoms with E-state index in [9.17, 15) is 14.0 Å². The molecule has 4 rings (SSSR count). The van der Waals surface area contributed by atoms with E-state index in [0.717, 1.165) is 19.6 Å². The Balaban J connectivity index is 1.63. The second kappa shape index (κ2) is 8.00. The Labute approximate surface area is 167 Å². The molecule has 1 saturated heterocycles. The van der Waals surface area contributed by atoms with Crippen molar-refractivity contribution < 1.29 is 14.0 Å². The molecule has 1 fully saturated rings. The quantitative estimate of drug-likeness (QED) is 0.737. The summed E-state index contributed by atoms with van der Waals surface area (Å²) in [5, 5.41) is 2.65. The Hall–Kier alpha value is -3.26. The number of likely N-dealkylation sites (N-methyl/N-ethyl adjacent to an activating group) is 1. The number of pyridine rings is 1. The van der Waals surface area contributed by atoms with Gasteiger partial charge in [0.2, 0.25) is 5.82 Å².